The fraction of sp³-hybridized carbons (Fsp3) is 0.176. The second kappa shape index (κ2) is 7.44. The summed E-state index contributed by atoms with van der Waals surface area (Å²) < 4.78 is 6.37. The third kappa shape index (κ3) is 4.21. The Balaban J connectivity index is 0.00000192. The molecule has 0 saturated carbocycles. The van der Waals surface area contributed by atoms with Gasteiger partial charge >= 0.3 is 0 Å². The fourth-order valence-electron chi connectivity index (χ4n) is 2.07. The molecule has 0 aliphatic carbocycles. The molecule has 0 unspecified atom stereocenters. The number of benzene rings is 1. The van der Waals surface area contributed by atoms with Crippen LogP contribution in [0.3, 0.4) is 0 Å². The molecule has 0 radical (unpaired) electrons. The number of rotatable bonds is 4. The molecule has 3 aromatic rings. The first-order valence-corrected chi connectivity index (χ1v) is 7.89. The molecule has 0 saturated heterocycles. The summed E-state index contributed by atoms with van der Waals surface area (Å²) in [5.41, 5.74) is 7.92. The number of nitrogens with two attached hydrogens (primary N) is 1. The molecule has 0 amide bonds. The van der Waals surface area contributed by atoms with E-state index in [9.17, 15) is 0 Å². The van der Waals surface area contributed by atoms with Gasteiger partial charge in [-0.1, -0.05) is 0 Å². The minimum absolute atomic E-state index is 0. The van der Waals surface area contributed by atoms with Crippen LogP contribution in [0.15, 0.2) is 46.0 Å². The summed E-state index contributed by atoms with van der Waals surface area (Å²) in [7, 11) is 0. The van der Waals surface area contributed by atoms with Gasteiger partial charge in [-0.05, 0) is 56.3 Å². The number of nitrogens with zero attached hydrogens (tertiary/aromatic N) is 2. The Bertz CT molecular complexity index is 835. The zero-order valence-electron chi connectivity index (χ0n) is 12.9. The second-order valence-corrected chi connectivity index (χ2v) is 6.25. The largest absolute Gasteiger partial charge is 0.465 e. The SMILES string of the molecule is CC(C)N=C(N)c1ccc2nc(/C=C/c3ccco3)sc2c1.Cl. The standard InChI is InChI=1S/C17H17N3OS.ClH/c1-11(2)19-17(18)12-5-7-14-15(10-12)22-16(20-14)8-6-13-4-3-9-21-13;/h3-11H,1-2H3,(H2,18,19);1H/b8-6+;. The highest BCUT2D eigenvalue weighted by Crippen LogP contribution is 2.25. The summed E-state index contributed by atoms with van der Waals surface area (Å²) in [5, 5.41) is 0.933. The summed E-state index contributed by atoms with van der Waals surface area (Å²) >= 11 is 1.62. The van der Waals surface area contributed by atoms with Gasteiger partial charge in [0.25, 0.3) is 0 Å². The number of fused-ring (bicyclic) bond motifs is 1. The third-order valence-electron chi connectivity index (χ3n) is 3.03. The van der Waals surface area contributed by atoms with Crippen LogP contribution in [-0.2, 0) is 0 Å². The van der Waals surface area contributed by atoms with Crippen LogP contribution >= 0.6 is 23.7 Å². The van der Waals surface area contributed by atoms with Crippen LogP contribution in [-0.4, -0.2) is 16.9 Å². The number of halogens is 1. The summed E-state index contributed by atoms with van der Waals surface area (Å²) in [5.74, 6) is 1.38. The average Bonchev–Trinajstić information content (AvgIpc) is 3.12. The van der Waals surface area contributed by atoms with Crippen molar-refractivity contribution < 1.29 is 4.42 Å². The van der Waals surface area contributed by atoms with E-state index in [4.69, 9.17) is 10.2 Å². The summed E-state index contributed by atoms with van der Waals surface area (Å²) in [6.07, 6.45) is 5.52. The highest BCUT2D eigenvalue weighted by atomic mass is 35.5. The van der Waals surface area contributed by atoms with Gasteiger partial charge in [-0.15, -0.1) is 23.7 Å². The molecule has 3 rings (SSSR count). The zero-order valence-corrected chi connectivity index (χ0v) is 14.5. The Morgan fingerprint density at radius 2 is 2.13 bits per heavy atom. The maximum absolute atomic E-state index is 6.02. The van der Waals surface area contributed by atoms with Gasteiger partial charge in [0, 0.05) is 11.6 Å². The highest BCUT2D eigenvalue weighted by molar-refractivity contribution is 7.19. The first-order valence-electron chi connectivity index (χ1n) is 7.07. The quantitative estimate of drug-likeness (QED) is 0.554. The van der Waals surface area contributed by atoms with Crippen LogP contribution in [0.2, 0.25) is 0 Å². The average molecular weight is 348 g/mol. The number of aromatic nitrogens is 1. The van der Waals surface area contributed by atoms with E-state index >= 15 is 0 Å². The van der Waals surface area contributed by atoms with E-state index in [1.807, 2.05) is 56.3 Å². The first kappa shape index (κ1) is 17.2. The minimum Gasteiger partial charge on any atom is -0.465 e. The van der Waals surface area contributed by atoms with Crippen molar-refractivity contribution >= 4 is 51.9 Å². The van der Waals surface area contributed by atoms with Gasteiger partial charge in [0.15, 0.2) is 0 Å². The molecular formula is C17H18ClN3OS. The lowest BCUT2D eigenvalue weighted by Gasteiger charge is -2.02. The van der Waals surface area contributed by atoms with Crippen LogP contribution in [0.1, 0.15) is 30.2 Å². The highest BCUT2D eigenvalue weighted by Gasteiger charge is 2.06. The molecule has 0 aliphatic rings. The van der Waals surface area contributed by atoms with E-state index in [1.54, 1.807) is 17.6 Å². The van der Waals surface area contributed by atoms with Gasteiger partial charge < -0.3 is 10.2 Å². The molecule has 4 nitrogen and oxygen atoms in total. The van der Waals surface area contributed by atoms with Gasteiger partial charge in [-0.3, -0.25) is 4.99 Å². The lowest BCUT2D eigenvalue weighted by molar-refractivity contribution is 0.557. The van der Waals surface area contributed by atoms with E-state index in [-0.39, 0.29) is 18.4 Å². The molecule has 0 spiro atoms. The smallest absolute Gasteiger partial charge is 0.126 e. The molecule has 0 aliphatic heterocycles. The topological polar surface area (TPSA) is 64.4 Å². The fourth-order valence-corrected chi connectivity index (χ4v) is 2.97. The minimum atomic E-state index is 0. The van der Waals surface area contributed by atoms with Crippen molar-refractivity contribution in [3.05, 3.63) is 52.9 Å². The molecule has 120 valence electrons. The van der Waals surface area contributed by atoms with E-state index in [1.165, 1.54) is 0 Å². The van der Waals surface area contributed by atoms with Gasteiger partial charge in [0.05, 0.1) is 16.5 Å². The molecule has 2 N–H and O–H groups in total. The Morgan fingerprint density at radius 1 is 1.30 bits per heavy atom. The molecule has 1 aromatic carbocycles. The number of thiazole rings is 1. The van der Waals surface area contributed by atoms with E-state index < -0.39 is 0 Å². The Morgan fingerprint density at radius 3 is 2.83 bits per heavy atom. The Labute approximate surface area is 145 Å². The maximum Gasteiger partial charge on any atom is 0.126 e. The predicted molar refractivity (Wildman–Crippen MR) is 100 cm³/mol. The molecule has 0 fully saturated rings. The molecule has 2 heterocycles. The van der Waals surface area contributed by atoms with Gasteiger partial charge in [-0.2, -0.15) is 0 Å². The van der Waals surface area contributed by atoms with Crippen LogP contribution < -0.4 is 5.73 Å². The van der Waals surface area contributed by atoms with Crippen molar-refractivity contribution in [1.29, 1.82) is 0 Å². The van der Waals surface area contributed by atoms with Gasteiger partial charge in [-0.25, -0.2) is 4.98 Å². The number of furan rings is 1. The molecule has 2 aromatic heterocycles. The summed E-state index contributed by atoms with van der Waals surface area (Å²) in [6.45, 7) is 4.02. The maximum atomic E-state index is 6.02. The molecule has 0 bridgehead atoms. The van der Waals surface area contributed by atoms with E-state index in [0.717, 1.165) is 26.5 Å². The van der Waals surface area contributed by atoms with Gasteiger partial charge in [0.1, 0.15) is 16.6 Å². The third-order valence-corrected chi connectivity index (χ3v) is 4.01. The number of amidine groups is 1. The van der Waals surface area contributed by atoms with Crippen molar-refractivity contribution in [3.8, 4) is 0 Å². The van der Waals surface area contributed by atoms with Crippen molar-refractivity contribution in [2.45, 2.75) is 19.9 Å². The van der Waals surface area contributed by atoms with Crippen LogP contribution in [0.25, 0.3) is 22.4 Å². The lowest BCUT2D eigenvalue weighted by atomic mass is 10.2. The van der Waals surface area contributed by atoms with E-state index in [2.05, 4.69) is 9.98 Å². The molecule has 23 heavy (non-hydrogen) atoms. The molecule has 6 heteroatoms. The lowest BCUT2D eigenvalue weighted by Crippen LogP contribution is -2.15. The normalized spacial score (nSPS) is 12.2. The van der Waals surface area contributed by atoms with Crippen LogP contribution in [0.5, 0.6) is 0 Å². The zero-order chi connectivity index (χ0) is 15.5. The Kier molecular flexibility index (Phi) is 5.58. The van der Waals surface area contributed by atoms with Crippen molar-refractivity contribution in [2.75, 3.05) is 0 Å². The molecular weight excluding hydrogens is 330 g/mol. The predicted octanol–water partition coefficient (Wildman–Crippen LogP) is 4.60. The number of hydrogen-bond donors (Lipinski definition) is 1. The number of hydrogen-bond acceptors (Lipinski definition) is 4. The van der Waals surface area contributed by atoms with E-state index in [0.29, 0.717) is 5.84 Å². The van der Waals surface area contributed by atoms with Crippen LogP contribution in [0.4, 0.5) is 0 Å². The molecule has 0 atom stereocenters. The Hall–Kier alpha value is -2.11. The second-order valence-electron chi connectivity index (χ2n) is 5.19. The van der Waals surface area contributed by atoms with Crippen LogP contribution in [0, 0.1) is 0 Å². The first-order chi connectivity index (χ1) is 10.6. The monoisotopic (exact) mass is 347 g/mol. The van der Waals surface area contributed by atoms with Gasteiger partial charge in [0.2, 0.25) is 0 Å². The van der Waals surface area contributed by atoms with Crippen molar-refractivity contribution in [2.24, 2.45) is 10.7 Å². The van der Waals surface area contributed by atoms with Crippen molar-refractivity contribution in [1.82, 2.24) is 4.98 Å². The summed E-state index contributed by atoms with van der Waals surface area (Å²) in [4.78, 5) is 8.97. The van der Waals surface area contributed by atoms with Crippen molar-refractivity contribution in [3.63, 3.8) is 0 Å². The number of aliphatic imine (C=N–C) groups is 1. The summed E-state index contributed by atoms with van der Waals surface area (Å²) in [6, 6.07) is 9.94.